The maximum absolute atomic E-state index is 3.21. The Morgan fingerprint density at radius 3 is 2.16 bits per heavy atom. The Morgan fingerprint density at radius 2 is 1.58 bits per heavy atom. The summed E-state index contributed by atoms with van der Waals surface area (Å²) in [4.78, 5) is 0. The normalized spacial score (nSPS) is 11.6. The number of benzene rings is 2. The van der Waals surface area contributed by atoms with E-state index in [4.69, 9.17) is 0 Å². The molecule has 0 aliphatic rings. The van der Waals surface area contributed by atoms with Gasteiger partial charge in [0.15, 0.2) is 0 Å². The molecule has 0 spiro atoms. The topological polar surface area (TPSA) is 12.0 Å². The van der Waals surface area contributed by atoms with Crippen molar-refractivity contribution in [1.82, 2.24) is 5.32 Å². The fraction of sp³-hybridized carbons (Fsp3) is 0.222. The predicted molar refractivity (Wildman–Crippen MR) is 84.1 cm³/mol. The van der Waals surface area contributed by atoms with Crippen LogP contribution in [0.2, 0.25) is 0 Å². The molecule has 2 rings (SSSR count). The van der Waals surface area contributed by atoms with Crippen LogP contribution in [0.25, 0.3) is 17.2 Å². The van der Waals surface area contributed by atoms with E-state index in [-0.39, 0.29) is 0 Å². The zero-order valence-corrected chi connectivity index (χ0v) is 11.7. The fourth-order valence-corrected chi connectivity index (χ4v) is 2.14. The van der Waals surface area contributed by atoms with Gasteiger partial charge < -0.3 is 5.32 Å². The Hall–Kier alpha value is -1.86. The van der Waals surface area contributed by atoms with Gasteiger partial charge in [-0.05, 0) is 30.2 Å². The lowest BCUT2D eigenvalue weighted by molar-refractivity contribution is 0.851. The molecule has 1 N–H and O–H groups in total. The highest BCUT2D eigenvalue weighted by molar-refractivity contribution is 5.66. The van der Waals surface area contributed by atoms with Gasteiger partial charge in [-0.25, -0.2) is 0 Å². The van der Waals surface area contributed by atoms with Crippen molar-refractivity contribution >= 4 is 6.08 Å². The van der Waals surface area contributed by atoms with Crippen molar-refractivity contribution in [3.63, 3.8) is 0 Å². The first-order valence-corrected chi connectivity index (χ1v) is 6.83. The average Bonchev–Trinajstić information content (AvgIpc) is 2.48. The third-order valence-electron chi connectivity index (χ3n) is 3.25. The SMILES string of the molecule is CCC(=Cc1ccc(-c2ccccc2)cc1)CNC. The van der Waals surface area contributed by atoms with Gasteiger partial charge >= 0.3 is 0 Å². The largest absolute Gasteiger partial charge is 0.316 e. The minimum Gasteiger partial charge on any atom is -0.316 e. The van der Waals surface area contributed by atoms with E-state index in [1.807, 2.05) is 13.1 Å². The Bertz CT molecular complexity index is 523. The van der Waals surface area contributed by atoms with E-state index < -0.39 is 0 Å². The van der Waals surface area contributed by atoms with Gasteiger partial charge in [0.05, 0.1) is 0 Å². The average molecular weight is 251 g/mol. The van der Waals surface area contributed by atoms with Gasteiger partial charge in [0.25, 0.3) is 0 Å². The summed E-state index contributed by atoms with van der Waals surface area (Å²) in [5.74, 6) is 0. The van der Waals surface area contributed by atoms with Crippen LogP contribution in [0.5, 0.6) is 0 Å². The van der Waals surface area contributed by atoms with E-state index in [0.29, 0.717) is 0 Å². The molecule has 0 heterocycles. The summed E-state index contributed by atoms with van der Waals surface area (Å²) in [6, 6.07) is 19.2. The van der Waals surface area contributed by atoms with Crippen LogP contribution in [-0.4, -0.2) is 13.6 Å². The zero-order chi connectivity index (χ0) is 13.5. The number of nitrogens with one attached hydrogen (secondary N) is 1. The van der Waals surface area contributed by atoms with Crippen LogP contribution in [0, 0.1) is 0 Å². The molecule has 0 saturated carbocycles. The molecular formula is C18H21N. The van der Waals surface area contributed by atoms with Crippen LogP contribution in [0.1, 0.15) is 18.9 Å². The van der Waals surface area contributed by atoms with Crippen molar-refractivity contribution in [1.29, 1.82) is 0 Å². The third-order valence-corrected chi connectivity index (χ3v) is 3.25. The molecule has 0 radical (unpaired) electrons. The van der Waals surface area contributed by atoms with E-state index in [2.05, 4.69) is 66.8 Å². The predicted octanol–water partition coefficient (Wildman–Crippen LogP) is 4.37. The number of hydrogen-bond acceptors (Lipinski definition) is 1. The molecule has 1 heteroatoms. The molecule has 2 aromatic rings. The first-order valence-electron chi connectivity index (χ1n) is 6.83. The van der Waals surface area contributed by atoms with E-state index >= 15 is 0 Å². The number of rotatable bonds is 5. The minimum atomic E-state index is 0.955. The van der Waals surface area contributed by atoms with E-state index in [1.165, 1.54) is 22.3 Å². The molecule has 19 heavy (non-hydrogen) atoms. The van der Waals surface area contributed by atoms with Crippen LogP contribution < -0.4 is 5.32 Å². The molecular weight excluding hydrogens is 230 g/mol. The quantitative estimate of drug-likeness (QED) is 0.832. The lowest BCUT2D eigenvalue weighted by atomic mass is 10.0. The molecule has 0 amide bonds. The van der Waals surface area contributed by atoms with E-state index in [1.54, 1.807) is 0 Å². The maximum atomic E-state index is 3.21. The summed E-state index contributed by atoms with van der Waals surface area (Å²) in [5.41, 5.74) is 5.23. The van der Waals surface area contributed by atoms with E-state index in [9.17, 15) is 0 Å². The van der Waals surface area contributed by atoms with Gasteiger partial charge in [0.2, 0.25) is 0 Å². The summed E-state index contributed by atoms with van der Waals surface area (Å²) in [6.07, 6.45) is 3.35. The Labute approximate surface area is 116 Å². The smallest absolute Gasteiger partial charge is 0.0164 e. The van der Waals surface area contributed by atoms with Gasteiger partial charge in [-0.2, -0.15) is 0 Å². The van der Waals surface area contributed by atoms with Gasteiger partial charge in [0, 0.05) is 6.54 Å². The maximum Gasteiger partial charge on any atom is 0.0164 e. The zero-order valence-electron chi connectivity index (χ0n) is 11.7. The Morgan fingerprint density at radius 1 is 0.947 bits per heavy atom. The third kappa shape index (κ3) is 3.80. The van der Waals surface area contributed by atoms with Gasteiger partial charge in [-0.15, -0.1) is 0 Å². The second kappa shape index (κ2) is 6.91. The van der Waals surface area contributed by atoms with E-state index in [0.717, 1.165) is 13.0 Å². The fourth-order valence-electron chi connectivity index (χ4n) is 2.14. The van der Waals surface area contributed by atoms with Crippen molar-refractivity contribution in [3.05, 3.63) is 65.7 Å². The Balaban J connectivity index is 2.19. The molecule has 0 atom stereocenters. The molecule has 1 nitrogen and oxygen atoms in total. The monoisotopic (exact) mass is 251 g/mol. The first-order chi connectivity index (χ1) is 9.33. The lowest BCUT2D eigenvalue weighted by Gasteiger charge is -2.05. The summed E-state index contributed by atoms with van der Waals surface area (Å²) in [7, 11) is 1.99. The summed E-state index contributed by atoms with van der Waals surface area (Å²) >= 11 is 0. The Kier molecular flexibility index (Phi) is 4.93. The van der Waals surface area contributed by atoms with Crippen molar-refractivity contribution in [2.24, 2.45) is 0 Å². The minimum absolute atomic E-state index is 0.955. The molecule has 0 aliphatic heterocycles. The van der Waals surface area contributed by atoms with Crippen LogP contribution in [0.3, 0.4) is 0 Å². The molecule has 0 unspecified atom stereocenters. The number of hydrogen-bond donors (Lipinski definition) is 1. The summed E-state index contributed by atoms with van der Waals surface area (Å²) < 4.78 is 0. The van der Waals surface area contributed by atoms with Crippen LogP contribution in [-0.2, 0) is 0 Å². The molecule has 0 aliphatic carbocycles. The van der Waals surface area contributed by atoms with Crippen LogP contribution in [0.4, 0.5) is 0 Å². The summed E-state index contributed by atoms with van der Waals surface area (Å²) in [6.45, 7) is 3.15. The van der Waals surface area contributed by atoms with Crippen molar-refractivity contribution in [2.75, 3.05) is 13.6 Å². The van der Waals surface area contributed by atoms with Gasteiger partial charge in [-0.1, -0.05) is 73.2 Å². The standard InChI is InChI=1S/C18H21N/c1-3-15(14-19-2)13-16-9-11-18(12-10-16)17-7-5-4-6-8-17/h4-13,19H,3,14H2,1-2H3. The molecule has 0 bridgehead atoms. The second-order valence-corrected chi connectivity index (χ2v) is 4.67. The van der Waals surface area contributed by atoms with Crippen LogP contribution in [0.15, 0.2) is 60.2 Å². The number of likely N-dealkylation sites (N-methyl/N-ethyl adjacent to an activating group) is 1. The second-order valence-electron chi connectivity index (χ2n) is 4.67. The highest BCUT2D eigenvalue weighted by atomic mass is 14.8. The van der Waals surface area contributed by atoms with Gasteiger partial charge in [0.1, 0.15) is 0 Å². The molecule has 98 valence electrons. The molecule has 0 saturated heterocycles. The van der Waals surface area contributed by atoms with Crippen LogP contribution >= 0.6 is 0 Å². The molecule has 2 aromatic carbocycles. The van der Waals surface area contributed by atoms with Crippen molar-refractivity contribution < 1.29 is 0 Å². The molecule has 0 fully saturated rings. The van der Waals surface area contributed by atoms with Crippen molar-refractivity contribution in [2.45, 2.75) is 13.3 Å². The first kappa shape index (κ1) is 13.6. The lowest BCUT2D eigenvalue weighted by Crippen LogP contribution is -2.09. The highest BCUT2D eigenvalue weighted by Crippen LogP contribution is 2.20. The molecule has 0 aromatic heterocycles. The van der Waals surface area contributed by atoms with Gasteiger partial charge in [-0.3, -0.25) is 0 Å². The van der Waals surface area contributed by atoms with Crippen molar-refractivity contribution in [3.8, 4) is 11.1 Å². The highest BCUT2D eigenvalue weighted by Gasteiger charge is 1.97. The summed E-state index contributed by atoms with van der Waals surface area (Å²) in [5, 5.41) is 3.21.